The second kappa shape index (κ2) is 6.78. The third-order valence-electron chi connectivity index (χ3n) is 2.54. The monoisotopic (exact) mass is 360 g/mol. The van der Waals surface area contributed by atoms with E-state index in [4.69, 9.17) is 23.2 Å². The predicted molar refractivity (Wildman–Crippen MR) is 87.2 cm³/mol. The van der Waals surface area contributed by atoms with E-state index in [1.54, 1.807) is 32.0 Å². The SMILES string of the molecule is CC(C)NS(=O)(=O)c1ccccc1Nc1nc(Cl)ncc1Cl. The fraction of sp³-hybridized carbons (Fsp3) is 0.231. The molecule has 0 spiro atoms. The standard InChI is InChI=1S/C13H14Cl2N4O2S/c1-8(2)19-22(20,21)11-6-4-3-5-10(11)17-12-9(14)7-16-13(15)18-12/h3-8,19H,1-2H3,(H,16,17,18). The number of nitrogens with zero attached hydrogens (tertiary/aromatic N) is 2. The Balaban J connectivity index is 2.43. The normalized spacial score (nSPS) is 11.7. The number of sulfonamides is 1. The summed E-state index contributed by atoms with van der Waals surface area (Å²) in [5.74, 6) is 0.230. The molecule has 1 heterocycles. The smallest absolute Gasteiger partial charge is 0.242 e. The highest BCUT2D eigenvalue weighted by atomic mass is 35.5. The Labute approximate surface area is 138 Å². The number of para-hydroxylation sites is 1. The maximum Gasteiger partial charge on any atom is 0.242 e. The molecule has 2 rings (SSSR count). The lowest BCUT2D eigenvalue weighted by Crippen LogP contribution is -2.30. The molecule has 0 fully saturated rings. The minimum absolute atomic E-state index is 0.00698. The van der Waals surface area contributed by atoms with Gasteiger partial charge < -0.3 is 5.32 Å². The maximum atomic E-state index is 12.4. The van der Waals surface area contributed by atoms with Gasteiger partial charge in [-0.3, -0.25) is 0 Å². The van der Waals surface area contributed by atoms with Crippen molar-refractivity contribution >= 4 is 44.7 Å². The zero-order valence-electron chi connectivity index (χ0n) is 11.8. The van der Waals surface area contributed by atoms with Crippen LogP contribution in [0.5, 0.6) is 0 Å². The van der Waals surface area contributed by atoms with Crippen molar-refractivity contribution in [3.63, 3.8) is 0 Å². The molecule has 0 saturated heterocycles. The first kappa shape index (κ1) is 17.0. The minimum atomic E-state index is -3.67. The summed E-state index contributed by atoms with van der Waals surface area (Å²) in [5.41, 5.74) is 0.340. The zero-order valence-corrected chi connectivity index (χ0v) is 14.2. The fourth-order valence-corrected chi connectivity index (χ4v) is 3.42. The summed E-state index contributed by atoms with van der Waals surface area (Å²) in [7, 11) is -3.67. The lowest BCUT2D eigenvalue weighted by Gasteiger charge is -2.14. The molecule has 0 unspecified atom stereocenters. The van der Waals surface area contributed by atoms with Gasteiger partial charge >= 0.3 is 0 Å². The van der Waals surface area contributed by atoms with Crippen LogP contribution in [0.3, 0.4) is 0 Å². The van der Waals surface area contributed by atoms with Gasteiger partial charge in [-0.05, 0) is 37.6 Å². The van der Waals surface area contributed by atoms with E-state index in [0.29, 0.717) is 5.69 Å². The van der Waals surface area contributed by atoms with Crippen LogP contribution in [0.25, 0.3) is 0 Å². The lowest BCUT2D eigenvalue weighted by atomic mass is 10.3. The molecule has 22 heavy (non-hydrogen) atoms. The van der Waals surface area contributed by atoms with Gasteiger partial charge in [0.25, 0.3) is 0 Å². The van der Waals surface area contributed by atoms with Crippen molar-refractivity contribution in [2.75, 3.05) is 5.32 Å². The summed E-state index contributed by atoms with van der Waals surface area (Å²) in [6.45, 7) is 3.49. The predicted octanol–water partition coefficient (Wildman–Crippen LogP) is 3.21. The topological polar surface area (TPSA) is 84.0 Å². The number of nitrogens with one attached hydrogen (secondary N) is 2. The Morgan fingerprint density at radius 2 is 1.86 bits per heavy atom. The highest BCUT2D eigenvalue weighted by Gasteiger charge is 2.20. The quantitative estimate of drug-likeness (QED) is 0.799. The van der Waals surface area contributed by atoms with E-state index in [0.717, 1.165) is 0 Å². The van der Waals surface area contributed by atoms with Crippen LogP contribution in [0.4, 0.5) is 11.5 Å². The first-order chi connectivity index (χ1) is 10.3. The molecule has 0 bridgehead atoms. The van der Waals surface area contributed by atoms with Crippen molar-refractivity contribution in [3.8, 4) is 0 Å². The van der Waals surface area contributed by atoms with Crippen molar-refractivity contribution in [3.05, 3.63) is 40.8 Å². The fourth-order valence-electron chi connectivity index (χ4n) is 1.74. The molecular formula is C13H14Cl2N4O2S. The molecule has 0 saturated carbocycles. The van der Waals surface area contributed by atoms with Crippen LogP contribution < -0.4 is 10.0 Å². The van der Waals surface area contributed by atoms with Gasteiger partial charge in [-0.1, -0.05) is 23.7 Å². The van der Waals surface area contributed by atoms with Gasteiger partial charge in [0.1, 0.15) is 9.92 Å². The van der Waals surface area contributed by atoms with Crippen LogP contribution in [0.2, 0.25) is 10.3 Å². The number of hydrogen-bond acceptors (Lipinski definition) is 5. The summed E-state index contributed by atoms with van der Waals surface area (Å²) in [6, 6.07) is 6.21. The van der Waals surface area contributed by atoms with E-state index < -0.39 is 10.0 Å². The van der Waals surface area contributed by atoms with Crippen LogP contribution in [0.1, 0.15) is 13.8 Å². The molecule has 0 aliphatic heterocycles. The van der Waals surface area contributed by atoms with Gasteiger partial charge in [0.05, 0.1) is 11.9 Å². The molecule has 0 atom stereocenters. The van der Waals surface area contributed by atoms with Gasteiger partial charge in [0.2, 0.25) is 15.3 Å². The van der Waals surface area contributed by atoms with Crippen molar-refractivity contribution in [2.24, 2.45) is 0 Å². The van der Waals surface area contributed by atoms with Crippen LogP contribution >= 0.6 is 23.2 Å². The number of hydrogen-bond donors (Lipinski definition) is 2. The first-order valence-corrected chi connectivity index (χ1v) is 8.60. The van der Waals surface area contributed by atoms with E-state index >= 15 is 0 Å². The summed E-state index contributed by atoms with van der Waals surface area (Å²) in [5, 5.41) is 3.11. The van der Waals surface area contributed by atoms with Gasteiger partial charge in [0, 0.05) is 6.04 Å². The largest absolute Gasteiger partial charge is 0.338 e. The maximum absolute atomic E-state index is 12.4. The first-order valence-electron chi connectivity index (χ1n) is 6.36. The van der Waals surface area contributed by atoms with Crippen LogP contribution in [0.15, 0.2) is 35.4 Å². The highest BCUT2D eigenvalue weighted by molar-refractivity contribution is 7.89. The second-order valence-electron chi connectivity index (χ2n) is 4.73. The van der Waals surface area contributed by atoms with Crippen LogP contribution in [-0.4, -0.2) is 24.4 Å². The van der Waals surface area contributed by atoms with Gasteiger partial charge in [-0.25, -0.2) is 18.1 Å². The summed E-state index contributed by atoms with van der Waals surface area (Å²) >= 11 is 11.7. The summed E-state index contributed by atoms with van der Waals surface area (Å²) in [4.78, 5) is 7.78. The number of aromatic nitrogens is 2. The van der Waals surface area contributed by atoms with E-state index in [9.17, 15) is 8.42 Å². The van der Waals surface area contributed by atoms with Gasteiger partial charge in [-0.2, -0.15) is 4.98 Å². The average Bonchev–Trinajstić information content (AvgIpc) is 2.42. The third kappa shape index (κ3) is 4.07. The zero-order chi connectivity index (χ0) is 16.3. The summed E-state index contributed by atoms with van der Waals surface area (Å²) < 4.78 is 27.3. The molecule has 0 aliphatic carbocycles. The molecule has 0 aliphatic rings. The van der Waals surface area contributed by atoms with Crippen molar-refractivity contribution in [2.45, 2.75) is 24.8 Å². The Morgan fingerprint density at radius 1 is 1.18 bits per heavy atom. The number of benzene rings is 1. The van der Waals surface area contributed by atoms with E-state index in [-0.39, 0.29) is 27.1 Å². The molecule has 2 aromatic rings. The van der Waals surface area contributed by atoms with E-state index in [1.165, 1.54) is 12.3 Å². The Hall–Kier alpha value is -1.41. The summed E-state index contributed by atoms with van der Waals surface area (Å²) in [6.07, 6.45) is 1.34. The Bertz CT molecular complexity index is 781. The van der Waals surface area contributed by atoms with Gasteiger partial charge in [-0.15, -0.1) is 0 Å². The van der Waals surface area contributed by atoms with Crippen LogP contribution in [0, 0.1) is 0 Å². The molecule has 118 valence electrons. The number of anilines is 2. The van der Waals surface area contributed by atoms with E-state index in [1.807, 2.05) is 0 Å². The van der Waals surface area contributed by atoms with Crippen molar-refractivity contribution in [1.82, 2.24) is 14.7 Å². The molecule has 6 nitrogen and oxygen atoms in total. The Kier molecular flexibility index (Phi) is 5.23. The van der Waals surface area contributed by atoms with Gasteiger partial charge in [0.15, 0.2) is 5.82 Å². The number of halogens is 2. The second-order valence-corrected chi connectivity index (χ2v) is 7.16. The van der Waals surface area contributed by atoms with Crippen LogP contribution in [-0.2, 0) is 10.0 Å². The molecule has 0 radical (unpaired) electrons. The minimum Gasteiger partial charge on any atom is -0.338 e. The molecule has 9 heteroatoms. The molecule has 1 aromatic heterocycles. The molecular weight excluding hydrogens is 347 g/mol. The van der Waals surface area contributed by atoms with Crippen molar-refractivity contribution in [1.29, 1.82) is 0 Å². The highest BCUT2D eigenvalue weighted by Crippen LogP contribution is 2.28. The Morgan fingerprint density at radius 3 is 2.55 bits per heavy atom. The lowest BCUT2D eigenvalue weighted by molar-refractivity contribution is 0.570. The molecule has 1 aromatic carbocycles. The van der Waals surface area contributed by atoms with E-state index in [2.05, 4.69) is 20.0 Å². The molecule has 2 N–H and O–H groups in total. The molecule has 0 amide bonds. The third-order valence-corrected chi connectivity index (χ3v) is 4.71. The average molecular weight is 361 g/mol. The number of rotatable bonds is 5. The van der Waals surface area contributed by atoms with Crippen molar-refractivity contribution < 1.29 is 8.42 Å².